The maximum Gasteiger partial charge on any atom is 0.261 e. The molecule has 2 aromatic carbocycles. The molecule has 24 heavy (non-hydrogen) atoms. The number of hydrogen-bond donors (Lipinski definition) is 0. The van der Waals surface area contributed by atoms with E-state index in [9.17, 15) is 9.59 Å². The number of benzene rings is 2. The van der Waals surface area contributed by atoms with Gasteiger partial charge in [-0.25, -0.2) is 4.90 Å². The van der Waals surface area contributed by atoms with Crippen LogP contribution in [0.4, 0.5) is 5.69 Å². The predicted octanol–water partition coefficient (Wildman–Crippen LogP) is 3.53. The van der Waals surface area contributed by atoms with Crippen LogP contribution < -0.4 is 4.90 Å². The first-order valence-electron chi connectivity index (χ1n) is 7.81. The van der Waals surface area contributed by atoms with Crippen molar-refractivity contribution in [1.82, 2.24) is 4.57 Å². The molecule has 4 nitrogen and oxygen atoms in total. The molecule has 1 fully saturated rings. The first-order valence-corrected chi connectivity index (χ1v) is 7.81. The SMILES string of the molecule is Cn1ccc2cc(/C=C3\CC(=O)N(c4ccccc4)C3=O)ccc21. The Labute approximate surface area is 139 Å². The lowest BCUT2D eigenvalue weighted by Gasteiger charge is -2.12. The number of fused-ring (bicyclic) bond motifs is 1. The van der Waals surface area contributed by atoms with Gasteiger partial charge in [-0.2, -0.15) is 0 Å². The van der Waals surface area contributed by atoms with Gasteiger partial charge in [0.1, 0.15) is 0 Å². The van der Waals surface area contributed by atoms with E-state index in [0.717, 1.165) is 16.5 Å². The van der Waals surface area contributed by atoms with Crippen molar-refractivity contribution in [1.29, 1.82) is 0 Å². The fraction of sp³-hybridized carbons (Fsp3) is 0.100. The molecule has 2 amide bonds. The van der Waals surface area contributed by atoms with Crippen molar-refractivity contribution in [2.45, 2.75) is 6.42 Å². The zero-order valence-corrected chi connectivity index (χ0v) is 13.3. The molecule has 0 unspecified atom stereocenters. The molecule has 1 aliphatic heterocycles. The van der Waals surface area contributed by atoms with Crippen molar-refractivity contribution >= 4 is 34.5 Å². The Morgan fingerprint density at radius 3 is 2.58 bits per heavy atom. The van der Waals surface area contributed by atoms with Crippen molar-refractivity contribution in [2.75, 3.05) is 4.90 Å². The van der Waals surface area contributed by atoms with Gasteiger partial charge in [0.15, 0.2) is 0 Å². The zero-order chi connectivity index (χ0) is 16.7. The molecule has 1 saturated heterocycles. The number of carbonyl (C=O) groups is 2. The Morgan fingerprint density at radius 1 is 1.00 bits per heavy atom. The molecule has 1 aliphatic rings. The van der Waals surface area contributed by atoms with Gasteiger partial charge in [0.05, 0.1) is 12.1 Å². The molecule has 0 aliphatic carbocycles. The Balaban J connectivity index is 1.69. The second-order valence-electron chi connectivity index (χ2n) is 5.96. The highest BCUT2D eigenvalue weighted by atomic mass is 16.2. The highest BCUT2D eigenvalue weighted by Crippen LogP contribution is 2.28. The van der Waals surface area contributed by atoms with Crippen molar-refractivity contribution in [3.63, 3.8) is 0 Å². The van der Waals surface area contributed by atoms with Crippen LogP contribution in [-0.4, -0.2) is 16.4 Å². The standard InChI is InChI=1S/C20H16N2O2/c1-21-10-9-15-11-14(7-8-18(15)21)12-16-13-19(23)22(20(16)24)17-5-3-2-4-6-17/h2-12H,13H2,1H3/b16-12+. The minimum absolute atomic E-state index is 0.139. The van der Waals surface area contributed by atoms with E-state index >= 15 is 0 Å². The first-order chi connectivity index (χ1) is 11.6. The molecule has 0 saturated carbocycles. The van der Waals surface area contributed by atoms with Gasteiger partial charge in [0.25, 0.3) is 5.91 Å². The maximum absolute atomic E-state index is 12.6. The minimum atomic E-state index is -0.237. The monoisotopic (exact) mass is 316 g/mol. The smallest absolute Gasteiger partial charge is 0.261 e. The maximum atomic E-state index is 12.6. The summed E-state index contributed by atoms with van der Waals surface area (Å²) in [5.41, 5.74) is 3.21. The third kappa shape index (κ3) is 2.33. The van der Waals surface area contributed by atoms with Crippen LogP contribution in [0.15, 0.2) is 66.4 Å². The summed E-state index contributed by atoms with van der Waals surface area (Å²) in [7, 11) is 2.00. The largest absolute Gasteiger partial charge is 0.351 e. The summed E-state index contributed by atoms with van der Waals surface area (Å²) in [5.74, 6) is -0.419. The van der Waals surface area contributed by atoms with Crippen molar-refractivity contribution < 1.29 is 9.59 Å². The number of aryl methyl sites for hydroxylation is 1. The van der Waals surface area contributed by atoms with Crippen molar-refractivity contribution in [3.8, 4) is 0 Å². The molecule has 0 spiro atoms. The van der Waals surface area contributed by atoms with Crippen LogP contribution in [0.5, 0.6) is 0 Å². The zero-order valence-electron chi connectivity index (χ0n) is 13.3. The van der Waals surface area contributed by atoms with Crippen LogP contribution in [0, 0.1) is 0 Å². The number of aromatic nitrogens is 1. The van der Waals surface area contributed by atoms with E-state index in [-0.39, 0.29) is 18.2 Å². The van der Waals surface area contributed by atoms with E-state index < -0.39 is 0 Å². The quantitative estimate of drug-likeness (QED) is 0.536. The summed E-state index contributed by atoms with van der Waals surface area (Å²) < 4.78 is 2.05. The molecule has 4 heteroatoms. The van der Waals surface area contributed by atoms with E-state index in [2.05, 4.69) is 0 Å². The fourth-order valence-corrected chi connectivity index (χ4v) is 3.12. The highest BCUT2D eigenvalue weighted by molar-refractivity contribution is 6.29. The van der Waals surface area contributed by atoms with Crippen LogP contribution >= 0.6 is 0 Å². The van der Waals surface area contributed by atoms with Gasteiger partial charge in [0.2, 0.25) is 5.91 Å². The molecule has 0 N–H and O–H groups in total. The van der Waals surface area contributed by atoms with Gasteiger partial charge in [-0.3, -0.25) is 9.59 Å². The molecule has 0 radical (unpaired) electrons. The van der Waals surface area contributed by atoms with E-state index in [0.29, 0.717) is 11.3 Å². The Morgan fingerprint density at radius 2 is 1.79 bits per heavy atom. The van der Waals surface area contributed by atoms with Crippen LogP contribution in [0.2, 0.25) is 0 Å². The first kappa shape index (κ1) is 14.5. The summed E-state index contributed by atoms with van der Waals surface area (Å²) in [6.07, 6.45) is 3.96. The lowest BCUT2D eigenvalue weighted by atomic mass is 10.1. The molecule has 118 valence electrons. The van der Waals surface area contributed by atoms with Gasteiger partial charge >= 0.3 is 0 Å². The van der Waals surface area contributed by atoms with Crippen LogP contribution in [0.3, 0.4) is 0 Å². The van der Waals surface area contributed by atoms with E-state index in [4.69, 9.17) is 0 Å². The average molecular weight is 316 g/mol. The number of amides is 2. The summed E-state index contributed by atoms with van der Waals surface area (Å²) in [5, 5.41) is 1.11. The molecular formula is C20H16N2O2. The number of para-hydroxylation sites is 1. The second kappa shape index (κ2) is 5.49. The van der Waals surface area contributed by atoms with Crippen molar-refractivity contribution in [3.05, 3.63) is 71.9 Å². The summed E-state index contributed by atoms with van der Waals surface area (Å²) >= 11 is 0. The molecule has 3 aromatic rings. The molecular weight excluding hydrogens is 300 g/mol. The number of anilines is 1. The molecule has 4 rings (SSSR count). The van der Waals surface area contributed by atoms with Crippen molar-refractivity contribution in [2.24, 2.45) is 7.05 Å². The number of nitrogens with zero attached hydrogens (tertiary/aromatic N) is 2. The number of hydrogen-bond acceptors (Lipinski definition) is 2. The second-order valence-corrected chi connectivity index (χ2v) is 5.96. The lowest BCUT2D eigenvalue weighted by molar-refractivity contribution is -0.120. The number of carbonyl (C=O) groups excluding carboxylic acids is 2. The minimum Gasteiger partial charge on any atom is -0.351 e. The normalized spacial score (nSPS) is 16.5. The predicted molar refractivity (Wildman–Crippen MR) is 94.4 cm³/mol. The summed E-state index contributed by atoms with van der Waals surface area (Å²) in [6.45, 7) is 0. The Bertz CT molecular complexity index is 983. The van der Waals surface area contributed by atoms with Crippen LogP contribution in [0.25, 0.3) is 17.0 Å². The van der Waals surface area contributed by atoms with Gasteiger partial charge < -0.3 is 4.57 Å². The molecule has 0 atom stereocenters. The Kier molecular flexibility index (Phi) is 3.31. The third-order valence-electron chi connectivity index (χ3n) is 4.33. The molecule has 2 heterocycles. The van der Waals surface area contributed by atoms with Crippen LogP contribution in [-0.2, 0) is 16.6 Å². The van der Waals surface area contributed by atoms with Gasteiger partial charge in [-0.05, 0) is 42.0 Å². The third-order valence-corrected chi connectivity index (χ3v) is 4.33. The molecule has 1 aromatic heterocycles. The Hall–Kier alpha value is -3.14. The van der Waals surface area contributed by atoms with E-state index in [1.54, 1.807) is 12.1 Å². The van der Waals surface area contributed by atoms with E-state index in [1.807, 2.05) is 66.4 Å². The molecule has 0 bridgehead atoms. The lowest BCUT2D eigenvalue weighted by Crippen LogP contribution is -2.28. The summed E-state index contributed by atoms with van der Waals surface area (Å²) in [6, 6.07) is 17.1. The van der Waals surface area contributed by atoms with Gasteiger partial charge in [-0.15, -0.1) is 0 Å². The highest BCUT2D eigenvalue weighted by Gasteiger charge is 2.34. The summed E-state index contributed by atoms with van der Waals surface area (Å²) in [4.78, 5) is 26.1. The van der Waals surface area contributed by atoms with E-state index in [1.165, 1.54) is 4.90 Å². The average Bonchev–Trinajstić information content (AvgIpc) is 3.08. The van der Waals surface area contributed by atoms with Gasteiger partial charge in [-0.1, -0.05) is 24.3 Å². The number of rotatable bonds is 2. The fourth-order valence-electron chi connectivity index (χ4n) is 3.12. The van der Waals surface area contributed by atoms with Crippen LogP contribution in [0.1, 0.15) is 12.0 Å². The van der Waals surface area contributed by atoms with Gasteiger partial charge in [0, 0.05) is 29.7 Å². The number of imide groups is 1. The topological polar surface area (TPSA) is 42.3 Å².